The van der Waals surface area contributed by atoms with Gasteiger partial charge in [0.2, 0.25) is 10.0 Å². The molecule has 6 nitrogen and oxygen atoms in total. The van der Waals surface area contributed by atoms with Gasteiger partial charge in [0.1, 0.15) is 5.82 Å². The number of benzene rings is 2. The minimum absolute atomic E-state index is 0.00738. The molecule has 3 aromatic rings. The maximum Gasteiger partial charge on any atom is 0.255 e. The third-order valence-corrected chi connectivity index (χ3v) is 7.14. The van der Waals surface area contributed by atoms with E-state index in [1.807, 2.05) is 31.2 Å². The van der Waals surface area contributed by atoms with E-state index in [0.29, 0.717) is 34.9 Å². The molecule has 0 atom stereocenters. The van der Waals surface area contributed by atoms with Crippen molar-refractivity contribution in [2.75, 3.05) is 6.54 Å². The maximum absolute atomic E-state index is 12.9. The van der Waals surface area contributed by atoms with Gasteiger partial charge in [-0.25, -0.2) is 13.4 Å². The molecule has 0 bridgehead atoms. The van der Waals surface area contributed by atoms with Crippen molar-refractivity contribution in [3.8, 4) is 0 Å². The van der Waals surface area contributed by atoms with Gasteiger partial charge < -0.3 is 4.98 Å². The summed E-state index contributed by atoms with van der Waals surface area (Å²) in [7, 11) is -3.71. The number of aryl methyl sites for hydroxylation is 1. The predicted octanol–water partition coefficient (Wildman–Crippen LogP) is 3.07. The highest BCUT2D eigenvalue weighted by Crippen LogP contribution is 2.23. The molecular formula is C21H20ClN3O3S. The first kappa shape index (κ1) is 19.8. The first-order valence-electron chi connectivity index (χ1n) is 9.25. The molecular weight excluding hydrogens is 410 g/mol. The second-order valence-corrected chi connectivity index (χ2v) is 9.52. The Bertz CT molecular complexity index is 1200. The molecule has 4 rings (SSSR count). The maximum atomic E-state index is 12.9. The van der Waals surface area contributed by atoms with E-state index in [2.05, 4.69) is 9.97 Å². The van der Waals surface area contributed by atoms with Crippen LogP contribution in [0.4, 0.5) is 0 Å². The molecule has 2 aromatic carbocycles. The van der Waals surface area contributed by atoms with Crippen molar-refractivity contribution in [1.29, 1.82) is 0 Å². The van der Waals surface area contributed by atoms with Crippen molar-refractivity contribution in [3.05, 3.63) is 92.1 Å². The van der Waals surface area contributed by atoms with Gasteiger partial charge in [-0.2, -0.15) is 4.31 Å². The highest BCUT2D eigenvalue weighted by Gasteiger charge is 2.30. The number of nitrogens with one attached hydrogen (secondary N) is 1. The van der Waals surface area contributed by atoms with Crippen molar-refractivity contribution < 1.29 is 8.42 Å². The van der Waals surface area contributed by atoms with Crippen LogP contribution in [-0.2, 0) is 29.4 Å². The monoisotopic (exact) mass is 429 g/mol. The number of nitrogens with zero attached hydrogens (tertiary/aromatic N) is 2. The lowest BCUT2D eigenvalue weighted by Gasteiger charge is -2.27. The molecule has 0 fully saturated rings. The molecule has 0 spiro atoms. The number of sulfonamides is 1. The van der Waals surface area contributed by atoms with Crippen LogP contribution in [0.3, 0.4) is 0 Å². The molecule has 8 heteroatoms. The van der Waals surface area contributed by atoms with Gasteiger partial charge in [-0.05, 0) is 36.8 Å². The molecule has 0 radical (unpaired) electrons. The molecule has 1 aliphatic rings. The Hall–Kier alpha value is -2.48. The van der Waals surface area contributed by atoms with Gasteiger partial charge >= 0.3 is 0 Å². The Morgan fingerprint density at radius 2 is 1.79 bits per heavy atom. The van der Waals surface area contributed by atoms with Crippen LogP contribution in [0.25, 0.3) is 0 Å². The topological polar surface area (TPSA) is 83.1 Å². The molecule has 0 saturated heterocycles. The number of H-pyrrole nitrogens is 1. The van der Waals surface area contributed by atoms with Crippen molar-refractivity contribution in [1.82, 2.24) is 14.3 Å². The molecule has 0 saturated carbocycles. The van der Waals surface area contributed by atoms with E-state index in [4.69, 9.17) is 11.6 Å². The standard InChI is InChI=1S/C21H20ClN3O3S/c1-14-2-4-15(5-3-14)12-20-23-19-10-11-25(13-18(19)21(26)24-20)29(27,28)17-8-6-16(22)7-9-17/h2-9H,10-13H2,1H3,(H,23,24,26). The average molecular weight is 430 g/mol. The van der Waals surface area contributed by atoms with Crippen LogP contribution < -0.4 is 5.56 Å². The van der Waals surface area contributed by atoms with Crippen LogP contribution in [0.2, 0.25) is 5.02 Å². The van der Waals surface area contributed by atoms with Crippen molar-refractivity contribution in [2.45, 2.75) is 31.2 Å². The summed E-state index contributed by atoms with van der Waals surface area (Å²) in [5, 5.41) is 0.467. The van der Waals surface area contributed by atoms with Gasteiger partial charge in [0.25, 0.3) is 5.56 Å². The minimum Gasteiger partial charge on any atom is -0.310 e. The fourth-order valence-electron chi connectivity index (χ4n) is 3.40. The van der Waals surface area contributed by atoms with Crippen molar-refractivity contribution in [3.63, 3.8) is 0 Å². The quantitative estimate of drug-likeness (QED) is 0.690. The summed E-state index contributed by atoms with van der Waals surface area (Å²) < 4.78 is 27.1. The van der Waals surface area contributed by atoms with E-state index in [1.54, 1.807) is 0 Å². The number of fused-ring (bicyclic) bond motifs is 1. The second kappa shape index (κ2) is 7.74. The van der Waals surface area contributed by atoms with Gasteiger partial charge in [0.05, 0.1) is 16.2 Å². The molecule has 0 amide bonds. The Morgan fingerprint density at radius 1 is 1.10 bits per heavy atom. The Balaban J connectivity index is 1.59. The van der Waals surface area contributed by atoms with Gasteiger partial charge in [0.15, 0.2) is 0 Å². The third-order valence-electron chi connectivity index (χ3n) is 5.03. The number of rotatable bonds is 4. The minimum atomic E-state index is -3.71. The summed E-state index contributed by atoms with van der Waals surface area (Å²) in [6, 6.07) is 14.1. The van der Waals surface area contributed by atoms with E-state index in [1.165, 1.54) is 34.1 Å². The van der Waals surface area contributed by atoms with E-state index >= 15 is 0 Å². The summed E-state index contributed by atoms with van der Waals surface area (Å²) >= 11 is 5.85. The fraction of sp³-hybridized carbons (Fsp3) is 0.238. The third kappa shape index (κ3) is 4.12. The van der Waals surface area contributed by atoms with Crippen LogP contribution in [0.5, 0.6) is 0 Å². The lowest BCUT2D eigenvalue weighted by molar-refractivity contribution is 0.384. The summed E-state index contributed by atoms with van der Waals surface area (Å²) in [5.41, 5.74) is 3.01. The molecule has 0 unspecified atom stereocenters. The zero-order valence-electron chi connectivity index (χ0n) is 15.9. The SMILES string of the molecule is Cc1ccc(Cc2nc3c(c(=O)[nH]2)CN(S(=O)(=O)c2ccc(Cl)cc2)CC3)cc1. The van der Waals surface area contributed by atoms with Gasteiger partial charge in [-0.1, -0.05) is 41.4 Å². The molecule has 1 aliphatic heterocycles. The number of hydrogen-bond donors (Lipinski definition) is 1. The summed E-state index contributed by atoms with van der Waals surface area (Å²) in [6.45, 7) is 2.30. The highest BCUT2D eigenvalue weighted by atomic mass is 35.5. The van der Waals surface area contributed by atoms with E-state index < -0.39 is 10.0 Å². The smallest absolute Gasteiger partial charge is 0.255 e. The Labute approximate surface area is 174 Å². The first-order chi connectivity index (χ1) is 13.8. The first-order valence-corrected chi connectivity index (χ1v) is 11.1. The predicted molar refractivity (Wildman–Crippen MR) is 112 cm³/mol. The second-order valence-electron chi connectivity index (χ2n) is 7.14. The number of aromatic nitrogens is 2. The van der Waals surface area contributed by atoms with Crippen molar-refractivity contribution >= 4 is 21.6 Å². The molecule has 1 N–H and O–H groups in total. The summed E-state index contributed by atoms with van der Waals surface area (Å²) in [4.78, 5) is 20.2. The highest BCUT2D eigenvalue weighted by molar-refractivity contribution is 7.89. The number of hydrogen-bond acceptors (Lipinski definition) is 4. The van der Waals surface area contributed by atoms with Crippen LogP contribution in [0, 0.1) is 6.92 Å². The molecule has 1 aromatic heterocycles. The van der Waals surface area contributed by atoms with Crippen LogP contribution in [0.15, 0.2) is 58.2 Å². The normalized spacial score (nSPS) is 14.6. The lowest BCUT2D eigenvalue weighted by atomic mass is 10.1. The lowest BCUT2D eigenvalue weighted by Crippen LogP contribution is -2.39. The zero-order valence-corrected chi connectivity index (χ0v) is 17.4. The van der Waals surface area contributed by atoms with Crippen LogP contribution in [-0.4, -0.2) is 29.2 Å². The molecule has 2 heterocycles. The largest absolute Gasteiger partial charge is 0.310 e. The van der Waals surface area contributed by atoms with Crippen LogP contribution in [0.1, 0.15) is 28.2 Å². The summed E-state index contributed by atoms with van der Waals surface area (Å²) in [5.74, 6) is 0.589. The fourth-order valence-corrected chi connectivity index (χ4v) is 4.93. The zero-order chi connectivity index (χ0) is 20.6. The molecule has 150 valence electrons. The van der Waals surface area contributed by atoms with Crippen molar-refractivity contribution in [2.24, 2.45) is 0 Å². The molecule has 29 heavy (non-hydrogen) atoms. The van der Waals surface area contributed by atoms with E-state index in [-0.39, 0.29) is 23.5 Å². The van der Waals surface area contributed by atoms with Gasteiger partial charge in [-0.15, -0.1) is 0 Å². The number of halogens is 1. The average Bonchev–Trinajstić information content (AvgIpc) is 2.70. The van der Waals surface area contributed by atoms with Gasteiger partial charge in [-0.3, -0.25) is 4.79 Å². The van der Waals surface area contributed by atoms with E-state index in [9.17, 15) is 13.2 Å². The van der Waals surface area contributed by atoms with Gasteiger partial charge in [0, 0.05) is 31.0 Å². The number of aromatic amines is 1. The summed E-state index contributed by atoms with van der Waals surface area (Å²) in [6.07, 6.45) is 0.919. The Morgan fingerprint density at radius 3 is 2.48 bits per heavy atom. The van der Waals surface area contributed by atoms with E-state index in [0.717, 1.165) is 5.56 Å². The Kier molecular flexibility index (Phi) is 5.29. The molecule has 0 aliphatic carbocycles. The van der Waals surface area contributed by atoms with Crippen LogP contribution >= 0.6 is 11.6 Å².